The maximum atomic E-state index is 11.9. The Morgan fingerprint density at radius 1 is 0.941 bits per heavy atom. The summed E-state index contributed by atoms with van der Waals surface area (Å²) in [7, 11) is 0. The number of rotatable bonds is 2. The largest absolute Gasteiger partial charge is 0.290 e. The molecule has 0 spiro atoms. The summed E-state index contributed by atoms with van der Waals surface area (Å²) >= 11 is 0. The first-order valence-corrected chi connectivity index (χ1v) is 5.56. The van der Waals surface area contributed by atoms with Crippen molar-refractivity contribution >= 4 is 11.6 Å². The van der Waals surface area contributed by atoms with Crippen LogP contribution in [0.15, 0.2) is 54.1 Å². The second-order valence-electron chi connectivity index (χ2n) is 4.65. The average molecular weight is 226 g/mol. The minimum Gasteiger partial charge on any atom is -0.290 e. The Bertz CT molecular complexity index is 519. The molecule has 0 aliphatic heterocycles. The van der Waals surface area contributed by atoms with Gasteiger partial charge < -0.3 is 0 Å². The number of benzene rings is 1. The molecule has 2 rings (SSSR count). The average Bonchev–Trinajstić information content (AvgIpc) is 2.33. The van der Waals surface area contributed by atoms with Crippen molar-refractivity contribution in [2.24, 2.45) is 0 Å². The fourth-order valence-corrected chi connectivity index (χ4v) is 2.01. The summed E-state index contributed by atoms with van der Waals surface area (Å²) in [6.07, 6.45) is 4.10. The van der Waals surface area contributed by atoms with Gasteiger partial charge in [0.2, 0.25) is 0 Å². The van der Waals surface area contributed by atoms with E-state index in [1.807, 2.05) is 44.2 Å². The summed E-state index contributed by atoms with van der Waals surface area (Å²) in [5, 5.41) is 0. The molecule has 1 aromatic carbocycles. The van der Waals surface area contributed by atoms with Gasteiger partial charge in [-0.15, -0.1) is 0 Å². The SMILES string of the molecule is CC(C)(C1=CC(=O)C=CC1=O)c1ccccc1. The van der Waals surface area contributed by atoms with E-state index in [0.29, 0.717) is 5.57 Å². The molecule has 0 saturated carbocycles. The topological polar surface area (TPSA) is 34.1 Å². The third kappa shape index (κ3) is 2.11. The normalized spacial score (nSPS) is 16.0. The van der Waals surface area contributed by atoms with Crippen LogP contribution >= 0.6 is 0 Å². The van der Waals surface area contributed by atoms with E-state index >= 15 is 0 Å². The first-order valence-electron chi connectivity index (χ1n) is 5.56. The van der Waals surface area contributed by atoms with Gasteiger partial charge in [0.15, 0.2) is 11.6 Å². The third-order valence-electron chi connectivity index (χ3n) is 3.12. The highest BCUT2D eigenvalue weighted by Crippen LogP contribution is 2.33. The second-order valence-corrected chi connectivity index (χ2v) is 4.65. The Hall–Kier alpha value is -1.96. The van der Waals surface area contributed by atoms with Crippen molar-refractivity contribution in [3.8, 4) is 0 Å². The van der Waals surface area contributed by atoms with Gasteiger partial charge in [-0.2, -0.15) is 0 Å². The molecule has 0 unspecified atom stereocenters. The van der Waals surface area contributed by atoms with Crippen LogP contribution in [0.3, 0.4) is 0 Å². The first kappa shape index (κ1) is 11.5. The third-order valence-corrected chi connectivity index (χ3v) is 3.12. The van der Waals surface area contributed by atoms with E-state index in [0.717, 1.165) is 5.56 Å². The van der Waals surface area contributed by atoms with Crippen LogP contribution in [0.25, 0.3) is 0 Å². The summed E-state index contributed by atoms with van der Waals surface area (Å²) < 4.78 is 0. The maximum Gasteiger partial charge on any atom is 0.182 e. The monoisotopic (exact) mass is 226 g/mol. The fraction of sp³-hybridized carbons (Fsp3) is 0.200. The molecule has 1 aromatic rings. The number of hydrogen-bond acceptors (Lipinski definition) is 2. The Kier molecular flexibility index (Phi) is 2.80. The van der Waals surface area contributed by atoms with E-state index < -0.39 is 5.41 Å². The molecule has 0 saturated heterocycles. The highest BCUT2D eigenvalue weighted by atomic mass is 16.1. The van der Waals surface area contributed by atoms with Crippen LogP contribution in [0.4, 0.5) is 0 Å². The second kappa shape index (κ2) is 4.13. The van der Waals surface area contributed by atoms with Gasteiger partial charge in [0.05, 0.1) is 0 Å². The minimum atomic E-state index is -0.446. The fourth-order valence-electron chi connectivity index (χ4n) is 2.01. The highest BCUT2D eigenvalue weighted by Gasteiger charge is 2.31. The molecule has 1 aliphatic carbocycles. The maximum absolute atomic E-state index is 11.9. The predicted octanol–water partition coefficient (Wildman–Crippen LogP) is 2.60. The van der Waals surface area contributed by atoms with Crippen LogP contribution < -0.4 is 0 Å². The lowest BCUT2D eigenvalue weighted by molar-refractivity contribution is -0.115. The summed E-state index contributed by atoms with van der Waals surface area (Å²) in [6.45, 7) is 3.91. The summed E-state index contributed by atoms with van der Waals surface area (Å²) in [5.74, 6) is -0.206. The van der Waals surface area contributed by atoms with Gasteiger partial charge in [0, 0.05) is 11.0 Å². The van der Waals surface area contributed by atoms with Crippen molar-refractivity contribution in [2.75, 3.05) is 0 Å². The molecule has 0 N–H and O–H groups in total. The van der Waals surface area contributed by atoms with Gasteiger partial charge in [-0.05, 0) is 23.8 Å². The van der Waals surface area contributed by atoms with E-state index in [9.17, 15) is 9.59 Å². The van der Waals surface area contributed by atoms with E-state index in [1.54, 1.807) is 0 Å². The number of carbonyl (C=O) groups is 2. The molecule has 0 heterocycles. The van der Waals surface area contributed by atoms with Crippen molar-refractivity contribution in [1.29, 1.82) is 0 Å². The zero-order chi connectivity index (χ0) is 12.5. The van der Waals surface area contributed by atoms with Crippen LogP contribution in [-0.2, 0) is 15.0 Å². The zero-order valence-corrected chi connectivity index (χ0v) is 9.94. The van der Waals surface area contributed by atoms with Crippen molar-refractivity contribution < 1.29 is 9.59 Å². The van der Waals surface area contributed by atoms with E-state index in [4.69, 9.17) is 0 Å². The lowest BCUT2D eigenvalue weighted by Crippen LogP contribution is -2.27. The Morgan fingerprint density at radius 3 is 2.24 bits per heavy atom. The van der Waals surface area contributed by atoms with Crippen molar-refractivity contribution in [2.45, 2.75) is 19.3 Å². The van der Waals surface area contributed by atoms with Gasteiger partial charge in [-0.25, -0.2) is 0 Å². The van der Waals surface area contributed by atoms with Crippen LogP contribution in [0, 0.1) is 0 Å². The van der Waals surface area contributed by atoms with Crippen LogP contribution in [-0.4, -0.2) is 11.6 Å². The van der Waals surface area contributed by atoms with E-state index in [-0.39, 0.29) is 11.6 Å². The van der Waals surface area contributed by atoms with Gasteiger partial charge in [-0.3, -0.25) is 9.59 Å². The molecule has 17 heavy (non-hydrogen) atoms. The van der Waals surface area contributed by atoms with Gasteiger partial charge in [0.25, 0.3) is 0 Å². The van der Waals surface area contributed by atoms with E-state index in [2.05, 4.69) is 0 Å². The Morgan fingerprint density at radius 2 is 1.59 bits per heavy atom. The predicted molar refractivity (Wildman–Crippen MR) is 66.7 cm³/mol. The van der Waals surface area contributed by atoms with Gasteiger partial charge in [-0.1, -0.05) is 44.2 Å². The molecule has 0 radical (unpaired) electrons. The van der Waals surface area contributed by atoms with Crippen LogP contribution in [0.1, 0.15) is 19.4 Å². The zero-order valence-electron chi connectivity index (χ0n) is 9.94. The molecule has 0 fully saturated rings. The van der Waals surface area contributed by atoms with Crippen LogP contribution in [0.5, 0.6) is 0 Å². The number of carbonyl (C=O) groups excluding carboxylic acids is 2. The van der Waals surface area contributed by atoms with Crippen molar-refractivity contribution in [1.82, 2.24) is 0 Å². The minimum absolute atomic E-state index is 0.0848. The first-order chi connectivity index (χ1) is 8.01. The van der Waals surface area contributed by atoms with Gasteiger partial charge in [0.1, 0.15) is 0 Å². The van der Waals surface area contributed by atoms with Crippen LogP contribution in [0.2, 0.25) is 0 Å². The molecule has 0 bridgehead atoms. The molecule has 2 nitrogen and oxygen atoms in total. The smallest absolute Gasteiger partial charge is 0.182 e. The molecule has 1 aliphatic rings. The molecule has 86 valence electrons. The van der Waals surface area contributed by atoms with Gasteiger partial charge >= 0.3 is 0 Å². The van der Waals surface area contributed by atoms with Crippen molar-refractivity contribution in [3.63, 3.8) is 0 Å². The molecule has 2 heteroatoms. The van der Waals surface area contributed by atoms with Crippen molar-refractivity contribution in [3.05, 3.63) is 59.7 Å². The number of allylic oxidation sites excluding steroid dienone is 4. The Labute approximate surface area is 101 Å². The summed E-state index contributed by atoms with van der Waals surface area (Å²) in [4.78, 5) is 23.2. The molecule has 0 aromatic heterocycles. The lowest BCUT2D eigenvalue weighted by Gasteiger charge is -2.28. The molecule has 0 amide bonds. The summed E-state index contributed by atoms with van der Waals surface area (Å²) in [6, 6.07) is 9.74. The highest BCUT2D eigenvalue weighted by molar-refractivity contribution is 6.18. The van der Waals surface area contributed by atoms with E-state index in [1.165, 1.54) is 18.2 Å². The molecule has 0 atom stereocenters. The molecular formula is C15H14O2. The number of hydrogen-bond donors (Lipinski definition) is 0. The Balaban J connectivity index is 2.46. The lowest BCUT2D eigenvalue weighted by atomic mass is 9.74. The molecular weight excluding hydrogens is 212 g/mol. The quantitative estimate of drug-likeness (QED) is 0.726. The summed E-state index contributed by atoms with van der Waals surface area (Å²) in [5.41, 5.74) is 1.14. The standard InChI is InChI=1S/C15H14O2/c1-15(2,11-6-4-3-5-7-11)13-10-12(16)8-9-14(13)17/h3-10H,1-2H3. The number of ketones is 2.